The molecule has 5 aliphatic heterocycles. The van der Waals surface area contributed by atoms with Crippen LogP contribution in [0.15, 0.2) is 24.5 Å². The van der Waals surface area contributed by atoms with Gasteiger partial charge >= 0.3 is 6.09 Å². The van der Waals surface area contributed by atoms with Gasteiger partial charge in [0.2, 0.25) is 0 Å². The van der Waals surface area contributed by atoms with Gasteiger partial charge in [-0.15, -0.1) is 0 Å². The molecule has 6 heterocycles. The number of morpholine rings is 1. The molecule has 1 amide bonds. The molecule has 0 radical (unpaired) electrons. The summed E-state index contributed by atoms with van der Waals surface area (Å²) >= 11 is 0. The third-order valence-corrected chi connectivity index (χ3v) is 9.06. The number of carbonyl (C=O) groups is 1. The van der Waals surface area contributed by atoms with Crippen LogP contribution < -0.4 is 15.0 Å². The predicted octanol–water partition coefficient (Wildman–Crippen LogP) is 4.28. The zero-order valence-corrected chi connectivity index (χ0v) is 23.8. The number of fused-ring (bicyclic) bond motifs is 4. The first kappa shape index (κ1) is 25.8. The summed E-state index contributed by atoms with van der Waals surface area (Å²) in [6, 6.07) is 8.23. The average Bonchev–Trinajstić information content (AvgIpc) is 3.06. The highest BCUT2D eigenvalue weighted by Gasteiger charge is 2.48. The molecule has 2 aromatic rings. The molecule has 0 spiro atoms. The van der Waals surface area contributed by atoms with Crippen molar-refractivity contribution in [1.29, 1.82) is 0 Å². The van der Waals surface area contributed by atoms with Crippen molar-refractivity contribution in [3.8, 4) is 5.75 Å². The number of amides is 1. The molecular weight excluding hydrogens is 508 g/mol. The summed E-state index contributed by atoms with van der Waals surface area (Å²) in [5.74, 6) is 3.12. The first-order chi connectivity index (χ1) is 19.3. The van der Waals surface area contributed by atoms with E-state index in [1.165, 1.54) is 18.4 Å². The molecule has 214 valence electrons. The molecule has 10 nitrogen and oxygen atoms in total. The van der Waals surface area contributed by atoms with E-state index in [1.54, 1.807) is 6.33 Å². The van der Waals surface area contributed by atoms with Gasteiger partial charge < -0.3 is 29.3 Å². The van der Waals surface area contributed by atoms with Gasteiger partial charge in [0, 0.05) is 44.3 Å². The van der Waals surface area contributed by atoms with Crippen LogP contribution >= 0.6 is 0 Å². The summed E-state index contributed by atoms with van der Waals surface area (Å²) in [6.07, 6.45) is 6.24. The summed E-state index contributed by atoms with van der Waals surface area (Å²) in [6.45, 7) is 10.8. The molecule has 0 saturated carbocycles. The van der Waals surface area contributed by atoms with Crippen LogP contribution in [0.4, 0.5) is 22.1 Å². The lowest BCUT2D eigenvalue weighted by Crippen LogP contribution is -2.65. The Bertz CT molecular complexity index is 1260. The standard InChI is InChI=1S/C30H40N6O4/c1-30(2,3)40-29(37)35-15-23(16-35)36-21-5-6-22(36)13-20(12-21)19-4-7-26-25(14-19)33-27-24(17-39-26)28(32-18-31-27)34-8-10-38-11-9-34/h4,7,14,18,20-23H,5-6,8-13,15-17H2,1-3H3,(H,31,32,33). The van der Waals surface area contributed by atoms with E-state index in [-0.39, 0.29) is 6.09 Å². The Balaban J connectivity index is 1.03. The molecule has 1 aromatic heterocycles. The second kappa shape index (κ2) is 10.1. The lowest BCUT2D eigenvalue weighted by molar-refractivity contribution is -0.0366. The number of nitrogens with one attached hydrogen (secondary N) is 1. The van der Waals surface area contributed by atoms with E-state index >= 15 is 0 Å². The lowest BCUT2D eigenvalue weighted by Gasteiger charge is -2.51. The van der Waals surface area contributed by atoms with Crippen molar-refractivity contribution in [2.75, 3.05) is 49.6 Å². The van der Waals surface area contributed by atoms with Crippen molar-refractivity contribution < 1.29 is 19.0 Å². The van der Waals surface area contributed by atoms with E-state index in [2.05, 4.69) is 43.3 Å². The minimum Gasteiger partial charge on any atom is -0.486 e. The molecule has 5 aliphatic rings. The van der Waals surface area contributed by atoms with Crippen LogP contribution in [-0.4, -0.2) is 89.0 Å². The summed E-state index contributed by atoms with van der Waals surface area (Å²) in [5, 5.41) is 3.58. The van der Waals surface area contributed by atoms with E-state index < -0.39 is 5.60 Å². The molecule has 0 aliphatic carbocycles. The molecule has 40 heavy (non-hydrogen) atoms. The van der Waals surface area contributed by atoms with Gasteiger partial charge in [-0.05, 0) is 70.1 Å². The van der Waals surface area contributed by atoms with Gasteiger partial charge in [-0.3, -0.25) is 4.90 Å². The van der Waals surface area contributed by atoms with Crippen LogP contribution in [0, 0.1) is 0 Å². The maximum Gasteiger partial charge on any atom is 0.410 e. The Morgan fingerprint density at radius 2 is 1.80 bits per heavy atom. The largest absolute Gasteiger partial charge is 0.486 e. The number of carbonyl (C=O) groups excluding carboxylic acids is 1. The Morgan fingerprint density at radius 3 is 2.52 bits per heavy atom. The van der Waals surface area contributed by atoms with Crippen molar-refractivity contribution in [3.63, 3.8) is 0 Å². The summed E-state index contributed by atoms with van der Waals surface area (Å²) in [7, 11) is 0. The van der Waals surface area contributed by atoms with Crippen LogP contribution in [0.3, 0.4) is 0 Å². The van der Waals surface area contributed by atoms with Gasteiger partial charge in [0.1, 0.15) is 35.9 Å². The van der Waals surface area contributed by atoms with Crippen LogP contribution in [0.2, 0.25) is 0 Å². The number of benzene rings is 1. The van der Waals surface area contributed by atoms with E-state index in [1.807, 2.05) is 25.7 Å². The number of ether oxygens (including phenoxy) is 3. The van der Waals surface area contributed by atoms with Crippen molar-refractivity contribution >= 4 is 23.4 Å². The summed E-state index contributed by atoms with van der Waals surface area (Å²) < 4.78 is 17.4. The van der Waals surface area contributed by atoms with Crippen molar-refractivity contribution in [2.24, 2.45) is 0 Å². The third kappa shape index (κ3) is 4.85. The van der Waals surface area contributed by atoms with Crippen LogP contribution in [0.5, 0.6) is 5.75 Å². The molecule has 2 atom stereocenters. The lowest BCUT2D eigenvalue weighted by atomic mass is 9.83. The molecule has 1 N–H and O–H groups in total. The zero-order valence-electron chi connectivity index (χ0n) is 23.8. The van der Waals surface area contributed by atoms with Crippen molar-refractivity contribution in [3.05, 3.63) is 35.7 Å². The number of likely N-dealkylation sites (tertiary alicyclic amines) is 1. The van der Waals surface area contributed by atoms with E-state index in [9.17, 15) is 4.79 Å². The quantitative estimate of drug-likeness (QED) is 0.603. The second-order valence-corrected chi connectivity index (χ2v) is 12.8. The number of piperidine rings is 1. The van der Waals surface area contributed by atoms with Gasteiger partial charge in [-0.25, -0.2) is 14.8 Å². The predicted molar refractivity (Wildman–Crippen MR) is 151 cm³/mol. The summed E-state index contributed by atoms with van der Waals surface area (Å²) in [5.41, 5.74) is 2.88. The number of aromatic nitrogens is 2. The molecule has 4 saturated heterocycles. The number of anilines is 3. The van der Waals surface area contributed by atoms with Crippen LogP contribution in [0.25, 0.3) is 0 Å². The number of hydrogen-bond acceptors (Lipinski definition) is 9. The fourth-order valence-corrected chi connectivity index (χ4v) is 7.20. The van der Waals surface area contributed by atoms with Gasteiger partial charge in [0.25, 0.3) is 0 Å². The maximum atomic E-state index is 12.5. The molecule has 1 aromatic carbocycles. The highest BCUT2D eigenvalue weighted by atomic mass is 16.6. The minimum atomic E-state index is -0.451. The van der Waals surface area contributed by atoms with E-state index in [0.717, 1.165) is 67.7 Å². The Labute approximate surface area is 236 Å². The zero-order chi connectivity index (χ0) is 27.4. The Hall–Kier alpha value is -3.11. The molecule has 2 bridgehead atoms. The number of rotatable bonds is 3. The van der Waals surface area contributed by atoms with Gasteiger partial charge in [-0.1, -0.05) is 6.07 Å². The fraction of sp³-hybridized carbons (Fsp3) is 0.633. The minimum absolute atomic E-state index is 0.186. The Kier molecular flexibility index (Phi) is 6.50. The molecule has 2 unspecified atom stereocenters. The van der Waals surface area contributed by atoms with E-state index in [0.29, 0.717) is 43.9 Å². The first-order valence-electron chi connectivity index (χ1n) is 14.8. The maximum absolute atomic E-state index is 12.5. The van der Waals surface area contributed by atoms with Gasteiger partial charge in [0.15, 0.2) is 0 Å². The van der Waals surface area contributed by atoms with Crippen molar-refractivity contribution in [2.45, 2.75) is 82.7 Å². The topological polar surface area (TPSA) is 92.3 Å². The molecule has 4 fully saturated rings. The molecular formula is C30H40N6O4. The number of nitrogens with zero attached hydrogens (tertiary/aromatic N) is 5. The summed E-state index contributed by atoms with van der Waals surface area (Å²) in [4.78, 5) is 28.5. The second-order valence-electron chi connectivity index (χ2n) is 12.8. The monoisotopic (exact) mass is 548 g/mol. The third-order valence-electron chi connectivity index (χ3n) is 9.06. The first-order valence-corrected chi connectivity index (χ1v) is 14.8. The highest BCUT2D eigenvalue weighted by molar-refractivity contribution is 5.72. The fourth-order valence-electron chi connectivity index (χ4n) is 7.20. The van der Waals surface area contributed by atoms with E-state index in [4.69, 9.17) is 14.2 Å². The van der Waals surface area contributed by atoms with Gasteiger partial charge in [-0.2, -0.15) is 0 Å². The average molecular weight is 549 g/mol. The molecule has 10 heteroatoms. The van der Waals surface area contributed by atoms with Crippen molar-refractivity contribution in [1.82, 2.24) is 19.8 Å². The Morgan fingerprint density at radius 1 is 1.05 bits per heavy atom. The SMILES string of the molecule is CC(C)(C)OC(=O)N1CC(N2C3CCC2CC(c2ccc4c(c2)Nc2ncnc(N5CCOCC5)c2CO4)C3)C1. The number of hydrogen-bond donors (Lipinski definition) is 1. The van der Waals surface area contributed by atoms with Crippen LogP contribution in [0.1, 0.15) is 63.5 Å². The normalized spacial score (nSPS) is 26.6. The molecule has 7 rings (SSSR count). The van der Waals surface area contributed by atoms with Gasteiger partial charge in [0.05, 0.1) is 24.5 Å². The van der Waals surface area contributed by atoms with Crippen LogP contribution in [-0.2, 0) is 16.1 Å². The smallest absolute Gasteiger partial charge is 0.410 e. The highest BCUT2D eigenvalue weighted by Crippen LogP contribution is 2.47.